The minimum absolute atomic E-state index is 0.268. The van der Waals surface area contributed by atoms with Crippen LogP contribution in [0.1, 0.15) is 0 Å². The molecule has 110 valence electrons. The van der Waals surface area contributed by atoms with Gasteiger partial charge in [0, 0.05) is 12.3 Å². The van der Waals surface area contributed by atoms with E-state index in [0.29, 0.717) is 11.4 Å². The molecular weight excluding hydrogens is 285 g/mol. The van der Waals surface area contributed by atoms with Gasteiger partial charge in [-0.15, -0.1) is 5.10 Å². The molecule has 0 spiro atoms. The van der Waals surface area contributed by atoms with Crippen molar-refractivity contribution in [3.05, 3.63) is 72.7 Å². The van der Waals surface area contributed by atoms with Gasteiger partial charge in [0.1, 0.15) is 17.3 Å². The van der Waals surface area contributed by atoms with Gasteiger partial charge in [0.25, 0.3) is 0 Å². The maximum atomic E-state index is 13.7. The van der Waals surface area contributed by atoms with E-state index >= 15 is 0 Å². The normalized spacial score (nSPS) is 10.2. The van der Waals surface area contributed by atoms with Crippen LogP contribution in [0, 0.1) is 5.82 Å². The third kappa shape index (κ3) is 3.12. The lowest BCUT2D eigenvalue weighted by Gasteiger charge is -2.04. The summed E-state index contributed by atoms with van der Waals surface area (Å²) in [7, 11) is 0. The lowest BCUT2D eigenvalue weighted by Crippen LogP contribution is -2.17. The highest BCUT2D eigenvalue weighted by Gasteiger charge is 2.09. The third-order valence-corrected chi connectivity index (χ3v) is 2.87. The number of nitrogens with one attached hydrogen (secondary N) is 1. The summed E-state index contributed by atoms with van der Waals surface area (Å²) in [5.74, 6) is 0.293. The second-order valence-corrected chi connectivity index (χ2v) is 4.42. The van der Waals surface area contributed by atoms with Gasteiger partial charge in [0.15, 0.2) is 5.82 Å². The van der Waals surface area contributed by atoms with Crippen LogP contribution in [-0.2, 0) is 0 Å². The number of para-hydroxylation sites is 2. The molecule has 0 bridgehead atoms. The average molecular weight is 297 g/mol. The highest BCUT2D eigenvalue weighted by atomic mass is 19.1. The molecule has 1 N–H and O–H groups in total. The van der Waals surface area contributed by atoms with Crippen molar-refractivity contribution < 1.29 is 13.9 Å². The van der Waals surface area contributed by atoms with E-state index in [-0.39, 0.29) is 5.82 Å². The topological polar surface area (TPSA) is 56.2 Å². The Morgan fingerprint density at radius 1 is 1.05 bits per heavy atom. The van der Waals surface area contributed by atoms with Gasteiger partial charge in [-0.25, -0.2) is 13.9 Å². The lowest BCUT2D eigenvalue weighted by molar-refractivity contribution is 0.215. The first-order valence-corrected chi connectivity index (χ1v) is 6.57. The van der Waals surface area contributed by atoms with E-state index in [1.54, 1.807) is 54.7 Å². The summed E-state index contributed by atoms with van der Waals surface area (Å²) >= 11 is 0. The molecule has 0 atom stereocenters. The first-order valence-electron chi connectivity index (χ1n) is 6.57. The average Bonchev–Trinajstić information content (AvgIpc) is 2.97. The number of hydrogen-bond acceptors (Lipinski definition) is 3. The zero-order chi connectivity index (χ0) is 15.4. The Bertz CT molecular complexity index is 787. The fraction of sp³-hybridized carbons (Fsp3) is 0. The molecule has 2 aromatic carbocycles. The van der Waals surface area contributed by atoms with Crippen molar-refractivity contribution in [2.75, 3.05) is 5.32 Å². The van der Waals surface area contributed by atoms with Crippen LogP contribution in [-0.4, -0.2) is 15.9 Å². The first-order chi connectivity index (χ1) is 10.7. The molecule has 0 saturated carbocycles. The molecule has 3 rings (SSSR count). The Labute approximate surface area is 126 Å². The van der Waals surface area contributed by atoms with Crippen LogP contribution in [0.4, 0.5) is 15.0 Å². The summed E-state index contributed by atoms with van der Waals surface area (Å²) in [6, 6.07) is 16.5. The Hall–Kier alpha value is -3.15. The van der Waals surface area contributed by atoms with Crippen molar-refractivity contribution in [1.29, 1.82) is 0 Å². The van der Waals surface area contributed by atoms with Crippen molar-refractivity contribution in [3.8, 4) is 11.4 Å². The predicted octanol–water partition coefficient (Wildman–Crippen LogP) is 3.62. The number of anilines is 1. The van der Waals surface area contributed by atoms with Gasteiger partial charge in [-0.3, -0.25) is 5.32 Å². The molecule has 0 aliphatic rings. The number of benzene rings is 2. The largest absolute Gasteiger partial charge is 0.418 e. The first kappa shape index (κ1) is 13.8. The number of halogens is 1. The molecule has 0 radical (unpaired) electrons. The van der Waals surface area contributed by atoms with Crippen molar-refractivity contribution in [2.45, 2.75) is 0 Å². The molecule has 1 aromatic heterocycles. The molecule has 6 heteroatoms. The Balaban J connectivity index is 1.70. The van der Waals surface area contributed by atoms with Crippen molar-refractivity contribution in [2.24, 2.45) is 0 Å². The maximum absolute atomic E-state index is 13.7. The van der Waals surface area contributed by atoms with Gasteiger partial charge in [-0.05, 0) is 24.3 Å². The minimum Gasteiger partial charge on any atom is -0.410 e. The number of nitrogens with zero attached hydrogens (tertiary/aromatic N) is 2. The molecule has 0 aliphatic heterocycles. The van der Waals surface area contributed by atoms with E-state index in [2.05, 4.69) is 10.4 Å². The zero-order valence-electron chi connectivity index (χ0n) is 11.4. The number of rotatable bonds is 3. The van der Waals surface area contributed by atoms with E-state index < -0.39 is 11.9 Å². The van der Waals surface area contributed by atoms with Crippen molar-refractivity contribution in [3.63, 3.8) is 0 Å². The second-order valence-electron chi connectivity index (χ2n) is 4.42. The van der Waals surface area contributed by atoms with Crippen molar-refractivity contribution >= 4 is 11.9 Å². The van der Waals surface area contributed by atoms with Crippen molar-refractivity contribution in [1.82, 2.24) is 9.78 Å². The molecule has 0 aliphatic carbocycles. The molecule has 0 fully saturated rings. The highest BCUT2D eigenvalue weighted by Crippen LogP contribution is 2.14. The summed E-state index contributed by atoms with van der Waals surface area (Å²) in [5, 5.41) is 6.57. The van der Waals surface area contributed by atoms with Gasteiger partial charge in [-0.1, -0.05) is 30.3 Å². The zero-order valence-corrected chi connectivity index (χ0v) is 11.4. The SMILES string of the molecule is O=C(Nc1ccn(-c2ccccc2F)n1)Oc1ccccc1. The Morgan fingerprint density at radius 3 is 2.55 bits per heavy atom. The van der Waals surface area contributed by atoms with E-state index in [1.165, 1.54) is 10.7 Å². The number of aromatic nitrogens is 2. The Kier molecular flexibility index (Phi) is 3.82. The van der Waals surface area contributed by atoms with Crippen LogP contribution >= 0.6 is 0 Å². The van der Waals surface area contributed by atoms with E-state index in [4.69, 9.17) is 4.74 Å². The summed E-state index contributed by atoms with van der Waals surface area (Å²) in [5.41, 5.74) is 0.298. The maximum Gasteiger partial charge on any atom is 0.418 e. The molecule has 22 heavy (non-hydrogen) atoms. The number of amides is 1. The summed E-state index contributed by atoms with van der Waals surface area (Å²) in [6.07, 6.45) is 0.890. The standard InChI is InChI=1S/C16H12FN3O2/c17-13-8-4-5-9-14(13)20-11-10-15(19-20)18-16(21)22-12-6-2-1-3-7-12/h1-11H,(H,18,19,21). The van der Waals surface area contributed by atoms with Crippen LogP contribution in [0.15, 0.2) is 66.9 Å². The van der Waals surface area contributed by atoms with Crippen LogP contribution in [0.3, 0.4) is 0 Å². The molecule has 0 unspecified atom stereocenters. The van der Waals surface area contributed by atoms with E-state index in [1.807, 2.05) is 6.07 Å². The fourth-order valence-electron chi connectivity index (χ4n) is 1.89. The predicted molar refractivity (Wildman–Crippen MR) is 79.6 cm³/mol. The number of carbonyl (C=O) groups excluding carboxylic acids is 1. The summed E-state index contributed by atoms with van der Waals surface area (Å²) < 4.78 is 20.1. The second kappa shape index (κ2) is 6.09. The monoisotopic (exact) mass is 297 g/mol. The molecule has 0 saturated heterocycles. The number of ether oxygens (including phenoxy) is 1. The van der Waals surface area contributed by atoms with Crippen LogP contribution in [0.5, 0.6) is 5.75 Å². The highest BCUT2D eigenvalue weighted by molar-refractivity contribution is 5.85. The third-order valence-electron chi connectivity index (χ3n) is 2.87. The molecule has 1 heterocycles. The lowest BCUT2D eigenvalue weighted by atomic mass is 10.3. The van der Waals surface area contributed by atoms with Gasteiger partial charge in [0.2, 0.25) is 0 Å². The van der Waals surface area contributed by atoms with Crippen LogP contribution in [0.25, 0.3) is 5.69 Å². The molecule has 1 amide bonds. The summed E-state index contributed by atoms with van der Waals surface area (Å²) in [4.78, 5) is 11.7. The quantitative estimate of drug-likeness (QED) is 0.803. The number of hydrogen-bond donors (Lipinski definition) is 1. The smallest absolute Gasteiger partial charge is 0.410 e. The van der Waals surface area contributed by atoms with Crippen LogP contribution in [0.2, 0.25) is 0 Å². The van der Waals surface area contributed by atoms with E-state index in [0.717, 1.165) is 0 Å². The van der Waals surface area contributed by atoms with Gasteiger partial charge in [0.05, 0.1) is 0 Å². The van der Waals surface area contributed by atoms with Gasteiger partial charge in [-0.2, -0.15) is 0 Å². The number of carbonyl (C=O) groups is 1. The van der Waals surface area contributed by atoms with Gasteiger partial charge >= 0.3 is 6.09 Å². The van der Waals surface area contributed by atoms with Crippen LogP contribution < -0.4 is 10.1 Å². The molecular formula is C16H12FN3O2. The van der Waals surface area contributed by atoms with E-state index in [9.17, 15) is 9.18 Å². The fourth-order valence-corrected chi connectivity index (χ4v) is 1.89. The Morgan fingerprint density at radius 2 is 1.77 bits per heavy atom. The van der Waals surface area contributed by atoms with Gasteiger partial charge < -0.3 is 4.74 Å². The molecule has 5 nitrogen and oxygen atoms in total. The minimum atomic E-state index is -0.662. The summed E-state index contributed by atoms with van der Waals surface area (Å²) in [6.45, 7) is 0. The molecule has 3 aromatic rings.